The largest absolute Gasteiger partial charge is 0.334 e. The van der Waals surface area contributed by atoms with Crippen molar-refractivity contribution in [3.8, 4) is 0 Å². The lowest BCUT2D eigenvalue weighted by Crippen LogP contribution is -2.39. The number of hydrogen-bond acceptors (Lipinski definition) is 3. The number of hydrogen-bond donors (Lipinski definition) is 0. The molecule has 2 aliphatic rings. The monoisotopic (exact) mass is 344 g/mol. The second-order valence-electron chi connectivity index (χ2n) is 6.71. The SMILES string of the molecule is Cn1cc(CN2CC[C@@H]3[C@@H]2CCN3C(=O)c2cccc(Cl)c2)cn1. The van der Waals surface area contributed by atoms with E-state index in [1.54, 1.807) is 12.1 Å². The Morgan fingerprint density at radius 2 is 2.12 bits per heavy atom. The molecule has 3 heterocycles. The molecule has 6 heteroatoms. The highest BCUT2D eigenvalue weighted by Gasteiger charge is 2.44. The van der Waals surface area contributed by atoms with Crippen LogP contribution in [0.15, 0.2) is 36.7 Å². The minimum Gasteiger partial charge on any atom is -0.334 e. The van der Waals surface area contributed by atoms with E-state index >= 15 is 0 Å². The van der Waals surface area contributed by atoms with Gasteiger partial charge in [0.25, 0.3) is 5.91 Å². The Bertz CT molecular complexity index is 759. The molecule has 2 aromatic rings. The number of rotatable bonds is 3. The lowest BCUT2D eigenvalue weighted by Gasteiger charge is -2.25. The fraction of sp³-hybridized carbons (Fsp3) is 0.444. The van der Waals surface area contributed by atoms with Gasteiger partial charge < -0.3 is 4.90 Å². The van der Waals surface area contributed by atoms with Crippen molar-refractivity contribution in [3.63, 3.8) is 0 Å². The summed E-state index contributed by atoms with van der Waals surface area (Å²) in [6.07, 6.45) is 6.07. The van der Waals surface area contributed by atoms with Crippen molar-refractivity contribution in [1.29, 1.82) is 0 Å². The Balaban J connectivity index is 1.47. The molecule has 2 aliphatic heterocycles. The van der Waals surface area contributed by atoms with Crippen LogP contribution in [0.3, 0.4) is 0 Å². The Hall–Kier alpha value is -1.85. The third-order valence-corrected chi connectivity index (χ3v) is 5.40. The van der Waals surface area contributed by atoms with Crippen LogP contribution < -0.4 is 0 Å². The average molecular weight is 345 g/mol. The van der Waals surface area contributed by atoms with Crippen LogP contribution in [-0.2, 0) is 13.6 Å². The minimum atomic E-state index is 0.105. The molecule has 1 aromatic heterocycles. The number of halogens is 1. The zero-order valence-corrected chi connectivity index (χ0v) is 14.5. The number of carbonyl (C=O) groups excluding carboxylic acids is 1. The number of aromatic nitrogens is 2. The molecule has 1 aromatic carbocycles. The van der Waals surface area contributed by atoms with Crippen LogP contribution >= 0.6 is 11.6 Å². The fourth-order valence-electron chi connectivity index (χ4n) is 4.10. The third kappa shape index (κ3) is 2.82. The maximum atomic E-state index is 12.8. The molecule has 2 fully saturated rings. The average Bonchev–Trinajstić information content (AvgIpc) is 3.25. The number of benzene rings is 1. The summed E-state index contributed by atoms with van der Waals surface area (Å²) in [5.41, 5.74) is 1.92. The van der Waals surface area contributed by atoms with Crippen molar-refractivity contribution in [1.82, 2.24) is 19.6 Å². The predicted molar refractivity (Wildman–Crippen MR) is 92.9 cm³/mol. The summed E-state index contributed by atoms with van der Waals surface area (Å²) >= 11 is 6.04. The summed E-state index contributed by atoms with van der Waals surface area (Å²) < 4.78 is 1.84. The van der Waals surface area contributed by atoms with Crippen LogP contribution in [0, 0.1) is 0 Å². The zero-order valence-electron chi connectivity index (χ0n) is 13.7. The Labute approximate surface area is 146 Å². The first kappa shape index (κ1) is 15.7. The van der Waals surface area contributed by atoms with Crippen molar-refractivity contribution < 1.29 is 4.79 Å². The number of amides is 1. The normalized spacial score (nSPS) is 23.7. The molecule has 0 radical (unpaired) electrons. The first-order chi connectivity index (χ1) is 11.6. The van der Waals surface area contributed by atoms with Gasteiger partial charge >= 0.3 is 0 Å². The highest BCUT2D eigenvalue weighted by molar-refractivity contribution is 6.30. The van der Waals surface area contributed by atoms with Crippen molar-refractivity contribution in [2.45, 2.75) is 31.5 Å². The molecule has 5 nitrogen and oxygen atoms in total. The van der Waals surface area contributed by atoms with Crippen molar-refractivity contribution in [2.24, 2.45) is 7.05 Å². The molecule has 0 spiro atoms. The van der Waals surface area contributed by atoms with Gasteiger partial charge in [0.1, 0.15) is 0 Å². The van der Waals surface area contributed by atoms with Crippen molar-refractivity contribution in [2.75, 3.05) is 13.1 Å². The van der Waals surface area contributed by atoms with E-state index in [2.05, 4.69) is 16.2 Å². The summed E-state index contributed by atoms with van der Waals surface area (Å²) in [5.74, 6) is 0.105. The van der Waals surface area contributed by atoms with Crippen LogP contribution in [0.4, 0.5) is 0 Å². The fourth-order valence-corrected chi connectivity index (χ4v) is 4.29. The highest BCUT2D eigenvalue weighted by atomic mass is 35.5. The van der Waals surface area contributed by atoms with Crippen LogP contribution in [0.1, 0.15) is 28.8 Å². The molecule has 2 atom stereocenters. The first-order valence-electron chi connectivity index (χ1n) is 8.40. The smallest absolute Gasteiger partial charge is 0.254 e. The Kier molecular flexibility index (Phi) is 4.06. The molecule has 1 amide bonds. The lowest BCUT2D eigenvalue weighted by molar-refractivity contribution is 0.0732. The molecule has 126 valence electrons. The number of nitrogens with zero attached hydrogens (tertiary/aromatic N) is 4. The van der Waals surface area contributed by atoms with Gasteiger partial charge in [-0.1, -0.05) is 17.7 Å². The Morgan fingerprint density at radius 3 is 2.88 bits per heavy atom. The van der Waals surface area contributed by atoms with E-state index in [-0.39, 0.29) is 5.91 Å². The van der Waals surface area contributed by atoms with E-state index in [1.165, 1.54) is 5.56 Å². The van der Waals surface area contributed by atoms with Gasteiger partial charge in [-0.05, 0) is 31.0 Å². The van der Waals surface area contributed by atoms with Gasteiger partial charge in [-0.15, -0.1) is 0 Å². The molecular formula is C18H21ClN4O. The molecule has 0 aliphatic carbocycles. The predicted octanol–water partition coefficient (Wildman–Crippen LogP) is 2.56. The van der Waals surface area contributed by atoms with Gasteiger partial charge in [0, 0.05) is 61.1 Å². The number of carbonyl (C=O) groups is 1. The summed E-state index contributed by atoms with van der Waals surface area (Å²) in [6.45, 7) is 2.77. The molecule has 0 unspecified atom stereocenters. The van der Waals surface area contributed by atoms with Gasteiger partial charge in [0.2, 0.25) is 0 Å². The van der Waals surface area contributed by atoms with Gasteiger partial charge in [0.15, 0.2) is 0 Å². The molecule has 0 saturated carbocycles. The van der Waals surface area contributed by atoms with Gasteiger partial charge in [-0.2, -0.15) is 5.10 Å². The molecule has 2 saturated heterocycles. The highest BCUT2D eigenvalue weighted by Crippen LogP contribution is 2.33. The topological polar surface area (TPSA) is 41.4 Å². The molecule has 0 bridgehead atoms. The van der Waals surface area contributed by atoms with E-state index in [1.807, 2.05) is 35.0 Å². The maximum absolute atomic E-state index is 12.8. The first-order valence-corrected chi connectivity index (χ1v) is 8.78. The zero-order chi connectivity index (χ0) is 16.7. The summed E-state index contributed by atoms with van der Waals surface area (Å²) in [6, 6.07) is 8.02. The van der Waals surface area contributed by atoms with Crippen LogP contribution in [-0.4, -0.2) is 50.7 Å². The van der Waals surface area contributed by atoms with E-state index in [0.717, 1.165) is 32.5 Å². The van der Waals surface area contributed by atoms with Gasteiger partial charge in [0.05, 0.1) is 6.20 Å². The number of aryl methyl sites for hydroxylation is 1. The van der Waals surface area contributed by atoms with E-state index in [9.17, 15) is 4.79 Å². The van der Waals surface area contributed by atoms with E-state index in [4.69, 9.17) is 11.6 Å². The summed E-state index contributed by atoms with van der Waals surface area (Å²) in [7, 11) is 1.94. The molecule has 24 heavy (non-hydrogen) atoms. The van der Waals surface area contributed by atoms with Gasteiger partial charge in [-0.3, -0.25) is 14.4 Å². The molecule has 4 rings (SSSR count). The van der Waals surface area contributed by atoms with Gasteiger partial charge in [-0.25, -0.2) is 0 Å². The number of likely N-dealkylation sites (tertiary alicyclic amines) is 2. The number of fused-ring (bicyclic) bond motifs is 1. The van der Waals surface area contributed by atoms with Crippen LogP contribution in [0.25, 0.3) is 0 Å². The standard InChI is InChI=1S/C18H21ClN4O/c1-21-11-13(10-20-21)12-22-7-5-17-16(22)6-8-23(17)18(24)14-3-2-4-15(19)9-14/h2-4,9-11,16-17H,5-8,12H2,1H3/t16-,17+/m0/s1. The third-order valence-electron chi connectivity index (χ3n) is 5.17. The van der Waals surface area contributed by atoms with Crippen LogP contribution in [0.2, 0.25) is 5.02 Å². The molecule has 0 N–H and O–H groups in total. The maximum Gasteiger partial charge on any atom is 0.254 e. The summed E-state index contributed by atoms with van der Waals surface area (Å²) in [4.78, 5) is 17.4. The molecular weight excluding hydrogens is 324 g/mol. The second-order valence-corrected chi connectivity index (χ2v) is 7.15. The second kappa shape index (κ2) is 6.22. The minimum absolute atomic E-state index is 0.105. The van der Waals surface area contributed by atoms with E-state index < -0.39 is 0 Å². The van der Waals surface area contributed by atoms with E-state index in [0.29, 0.717) is 22.7 Å². The quantitative estimate of drug-likeness (QED) is 0.859. The summed E-state index contributed by atoms with van der Waals surface area (Å²) in [5, 5.41) is 4.86. The Morgan fingerprint density at radius 1 is 1.29 bits per heavy atom. The van der Waals surface area contributed by atoms with Crippen molar-refractivity contribution >= 4 is 17.5 Å². The lowest BCUT2D eigenvalue weighted by atomic mass is 10.1. The van der Waals surface area contributed by atoms with Crippen molar-refractivity contribution in [3.05, 3.63) is 52.8 Å². The van der Waals surface area contributed by atoms with Crippen LogP contribution in [0.5, 0.6) is 0 Å².